The van der Waals surface area contributed by atoms with Crippen molar-refractivity contribution in [2.24, 2.45) is 0 Å². The molecule has 0 unspecified atom stereocenters. The van der Waals surface area contributed by atoms with E-state index >= 15 is 0 Å². The molecule has 7 heteroatoms. The molecule has 1 aliphatic carbocycles. The monoisotopic (exact) mass is 497 g/mol. The van der Waals surface area contributed by atoms with E-state index < -0.39 is 5.41 Å². The SMILES string of the molecule is CCOC(=O)C1(c2ccc(-c3ccc(-c4onc(C)c4Nc4cccc(OC(C)C)n4)cc3)cc2)CC1. The lowest BCUT2D eigenvalue weighted by molar-refractivity contribution is -0.146. The summed E-state index contributed by atoms with van der Waals surface area (Å²) in [5.74, 6) is 1.73. The zero-order valence-corrected chi connectivity index (χ0v) is 21.6. The van der Waals surface area contributed by atoms with Gasteiger partial charge in [0.05, 0.1) is 18.1 Å². The smallest absolute Gasteiger partial charge is 0.316 e. The Morgan fingerprint density at radius 2 is 1.65 bits per heavy atom. The van der Waals surface area contributed by atoms with Gasteiger partial charge in [-0.1, -0.05) is 59.8 Å². The second-order valence-corrected chi connectivity index (χ2v) is 9.58. The van der Waals surface area contributed by atoms with Crippen LogP contribution in [0.3, 0.4) is 0 Å². The average molecular weight is 498 g/mol. The summed E-state index contributed by atoms with van der Waals surface area (Å²) in [6.45, 7) is 8.08. The number of carbonyl (C=O) groups is 1. The molecule has 0 atom stereocenters. The Hall–Kier alpha value is -4.13. The van der Waals surface area contributed by atoms with Gasteiger partial charge in [-0.2, -0.15) is 4.98 Å². The molecule has 2 aromatic heterocycles. The van der Waals surface area contributed by atoms with Gasteiger partial charge in [-0.25, -0.2) is 0 Å². The largest absolute Gasteiger partial charge is 0.475 e. The van der Waals surface area contributed by atoms with E-state index in [0.29, 0.717) is 24.1 Å². The minimum absolute atomic E-state index is 0.0396. The van der Waals surface area contributed by atoms with Crippen molar-refractivity contribution in [3.05, 3.63) is 78.0 Å². The van der Waals surface area contributed by atoms with Crippen molar-refractivity contribution in [1.82, 2.24) is 10.1 Å². The number of benzene rings is 2. The molecule has 5 rings (SSSR count). The summed E-state index contributed by atoms with van der Waals surface area (Å²) in [6.07, 6.45) is 1.73. The second kappa shape index (κ2) is 10.1. The highest BCUT2D eigenvalue weighted by Crippen LogP contribution is 2.49. The van der Waals surface area contributed by atoms with Crippen molar-refractivity contribution < 1.29 is 18.8 Å². The molecule has 1 saturated carbocycles. The molecule has 0 radical (unpaired) electrons. The molecule has 1 N–H and O–H groups in total. The number of nitrogens with one attached hydrogen (secondary N) is 1. The van der Waals surface area contributed by atoms with Gasteiger partial charge in [0.25, 0.3) is 0 Å². The van der Waals surface area contributed by atoms with Crippen LogP contribution in [0.4, 0.5) is 11.5 Å². The summed E-state index contributed by atoms with van der Waals surface area (Å²) in [7, 11) is 0. The van der Waals surface area contributed by atoms with E-state index in [-0.39, 0.29) is 12.1 Å². The number of rotatable bonds is 9. The summed E-state index contributed by atoms with van der Waals surface area (Å²) in [6, 6.07) is 22.0. The van der Waals surface area contributed by atoms with Crippen LogP contribution in [-0.4, -0.2) is 28.8 Å². The first-order chi connectivity index (χ1) is 17.9. The van der Waals surface area contributed by atoms with E-state index in [1.807, 2.05) is 70.2 Å². The quantitative estimate of drug-likeness (QED) is 0.253. The van der Waals surface area contributed by atoms with Crippen LogP contribution in [0, 0.1) is 6.92 Å². The third kappa shape index (κ3) is 5.07. The predicted molar refractivity (Wildman–Crippen MR) is 143 cm³/mol. The van der Waals surface area contributed by atoms with Crippen molar-refractivity contribution in [2.45, 2.75) is 52.1 Å². The van der Waals surface area contributed by atoms with Crippen LogP contribution in [0.25, 0.3) is 22.5 Å². The maximum Gasteiger partial charge on any atom is 0.316 e. The highest BCUT2D eigenvalue weighted by molar-refractivity contribution is 5.87. The van der Waals surface area contributed by atoms with Gasteiger partial charge in [-0.15, -0.1) is 0 Å². The molecule has 2 heterocycles. The fourth-order valence-corrected chi connectivity index (χ4v) is 4.43. The molecule has 2 aromatic carbocycles. The van der Waals surface area contributed by atoms with Crippen LogP contribution in [0.1, 0.15) is 44.9 Å². The normalized spacial score (nSPS) is 13.9. The minimum Gasteiger partial charge on any atom is -0.475 e. The number of aryl methyl sites for hydroxylation is 1. The number of carbonyl (C=O) groups excluding carboxylic acids is 1. The highest BCUT2D eigenvalue weighted by Gasteiger charge is 2.52. The van der Waals surface area contributed by atoms with Crippen molar-refractivity contribution in [1.29, 1.82) is 0 Å². The third-order valence-electron chi connectivity index (χ3n) is 6.53. The number of ether oxygens (including phenoxy) is 2. The molecule has 0 saturated heterocycles. The van der Waals surface area contributed by atoms with Gasteiger partial charge in [0.1, 0.15) is 17.2 Å². The van der Waals surface area contributed by atoms with E-state index in [0.717, 1.165) is 46.5 Å². The summed E-state index contributed by atoms with van der Waals surface area (Å²) < 4.78 is 16.7. The van der Waals surface area contributed by atoms with Gasteiger partial charge in [0.2, 0.25) is 5.88 Å². The number of aromatic nitrogens is 2. The first kappa shape index (κ1) is 24.6. The molecule has 190 valence electrons. The van der Waals surface area contributed by atoms with E-state index in [9.17, 15) is 4.79 Å². The third-order valence-corrected chi connectivity index (χ3v) is 6.53. The molecule has 1 fully saturated rings. The van der Waals surface area contributed by atoms with Crippen molar-refractivity contribution in [2.75, 3.05) is 11.9 Å². The van der Waals surface area contributed by atoms with Crippen molar-refractivity contribution in [3.63, 3.8) is 0 Å². The molecule has 0 aliphatic heterocycles. The van der Waals surface area contributed by atoms with Crippen LogP contribution in [0.15, 0.2) is 71.3 Å². The first-order valence-corrected chi connectivity index (χ1v) is 12.6. The van der Waals surface area contributed by atoms with Gasteiger partial charge >= 0.3 is 5.97 Å². The van der Waals surface area contributed by atoms with E-state index in [4.69, 9.17) is 14.0 Å². The highest BCUT2D eigenvalue weighted by atomic mass is 16.5. The molecule has 7 nitrogen and oxygen atoms in total. The lowest BCUT2D eigenvalue weighted by atomic mass is 9.93. The summed E-state index contributed by atoms with van der Waals surface area (Å²) in [4.78, 5) is 16.9. The average Bonchev–Trinajstić information content (AvgIpc) is 3.63. The summed E-state index contributed by atoms with van der Waals surface area (Å²) >= 11 is 0. The van der Waals surface area contributed by atoms with Gasteiger partial charge < -0.3 is 19.3 Å². The lowest BCUT2D eigenvalue weighted by Crippen LogP contribution is -2.23. The van der Waals surface area contributed by atoms with Crippen LogP contribution < -0.4 is 10.1 Å². The molecule has 0 amide bonds. The Bertz CT molecular complexity index is 1390. The topological polar surface area (TPSA) is 86.5 Å². The van der Waals surface area contributed by atoms with Gasteiger partial charge in [-0.3, -0.25) is 4.79 Å². The Kier molecular flexibility index (Phi) is 6.70. The fourth-order valence-electron chi connectivity index (χ4n) is 4.43. The summed E-state index contributed by atoms with van der Waals surface area (Å²) in [5.41, 5.74) is 5.12. The van der Waals surface area contributed by atoms with E-state index in [2.05, 4.69) is 39.7 Å². The number of hydrogen-bond acceptors (Lipinski definition) is 7. The van der Waals surface area contributed by atoms with Gasteiger partial charge in [0.15, 0.2) is 5.76 Å². The standard InChI is InChI=1S/C30H31N3O4/c1-5-35-29(34)30(17-18-30)24-15-13-22(14-16-24)21-9-11-23(12-10-21)28-27(20(4)33-37-28)32-25-7-6-8-26(31-25)36-19(2)3/h6-16,19H,5,17-18H2,1-4H3,(H,31,32). The molecule has 0 spiro atoms. The van der Waals surface area contributed by atoms with Crippen LogP contribution >= 0.6 is 0 Å². The van der Waals surface area contributed by atoms with Crippen LogP contribution in [-0.2, 0) is 14.9 Å². The zero-order valence-electron chi connectivity index (χ0n) is 21.6. The lowest BCUT2D eigenvalue weighted by Gasteiger charge is -2.14. The molecular weight excluding hydrogens is 466 g/mol. The number of nitrogens with zero attached hydrogens (tertiary/aromatic N) is 2. The Labute approximate surface area is 216 Å². The Balaban J connectivity index is 1.34. The minimum atomic E-state index is -0.457. The van der Waals surface area contributed by atoms with Gasteiger partial charge in [-0.05, 0) is 63.3 Å². The number of anilines is 2. The molecule has 4 aromatic rings. The fraction of sp³-hybridized carbons (Fsp3) is 0.300. The molecule has 37 heavy (non-hydrogen) atoms. The van der Waals surface area contributed by atoms with Crippen LogP contribution in [0.2, 0.25) is 0 Å². The molecule has 1 aliphatic rings. The Morgan fingerprint density at radius 1 is 1.00 bits per heavy atom. The zero-order chi connectivity index (χ0) is 26.0. The van der Waals surface area contributed by atoms with Crippen molar-refractivity contribution >= 4 is 17.5 Å². The number of hydrogen-bond donors (Lipinski definition) is 1. The maximum atomic E-state index is 12.4. The first-order valence-electron chi connectivity index (χ1n) is 12.6. The van der Waals surface area contributed by atoms with Crippen LogP contribution in [0.5, 0.6) is 5.88 Å². The number of esters is 1. The van der Waals surface area contributed by atoms with Gasteiger partial charge in [0, 0.05) is 11.6 Å². The molecular formula is C30H31N3O4. The predicted octanol–water partition coefficient (Wildman–Crippen LogP) is 6.84. The maximum absolute atomic E-state index is 12.4. The summed E-state index contributed by atoms with van der Waals surface area (Å²) in [5, 5.41) is 7.51. The number of pyridine rings is 1. The van der Waals surface area contributed by atoms with E-state index in [1.165, 1.54) is 0 Å². The Morgan fingerprint density at radius 3 is 2.27 bits per heavy atom. The second-order valence-electron chi connectivity index (χ2n) is 9.58. The van der Waals surface area contributed by atoms with E-state index in [1.54, 1.807) is 0 Å². The molecule has 0 bridgehead atoms. The van der Waals surface area contributed by atoms with Crippen molar-refractivity contribution in [3.8, 4) is 28.3 Å².